The second-order valence-electron chi connectivity index (χ2n) is 22.9. The summed E-state index contributed by atoms with van der Waals surface area (Å²) in [5.74, 6) is 1.64. The van der Waals surface area contributed by atoms with E-state index in [4.69, 9.17) is 17.9 Å². The Hall–Kier alpha value is -6.55. The Morgan fingerprint density at radius 1 is 0.611 bits per heavy atom. The molecule has 10 aromatic rings. The Bertz CT molecular complexity index is 4330. The monoisotopic (exact) mass is 1130 g/mol. The zero-order valence-electron chi connectivity index (χ0n) is 53.2. The Morgan fingerprint density at radius 3 is 1.88 bits per heavy atom. The summed E-state index contributed by atoms with van der Waals surface area (Å²) in [7, 11) is 0. The zero-order valence-corrected chi connectivity index (χ0v) is 45.4. The summed E-state index contributed by atoms with van der Waals surface area (Å²) >= 11 is 2.22. The van der Waals surface area contributed by atoms with E-state index in [1.165, 1.54) is 16.5 Å². The minimum atomic E-state index is -0.563. The number of rotatable bonds is 7. The van der Waals surface area contributed by atoms with Gasteiger partial charge in [0.1, 0.15) is 0 Å². The second kappa shape index (κ2) is 16.8. The van der Waals surface area contributed by atoms with Gasteiger partial charge in [-0.05, 0) is 40.4 Å². The number of fused-ring (bicyclic) bond motifs is 6. The molecule has 3 heterocycles. The van der Waals surface area contributed by atoms with Crippen molar-refractivity contribution in [2.24, 2.45) is 5.41 Å². The van der Waals surface area contributed by atoms with E-state index in [0.717, 1.165) is 38.9 Å². The molecule has 1 aliphatic carbocycles. The van der Waals surface area contributed by atoms with Gasteiger partial charge in [0, 0.05) is 6.20 Å². The summed E-state index contributed by atoms with van der Waals surface area (Å²) in [6, 6.07) is 30.1. The number of nitrogens with zero attached hydrogens (tertiary/aromatic N) is 4. The van der Waals surface area contributed by atoms with Crippen molar-refractivity contribution in [2.75, 3.05) is 0 Å². The maximum atomic E-state index is 9.28. The Balaban J connectivity index is 1.19. The summed E-state index contributed by atoms with van der Waals surface area (Å²) in [4.78, 5) is 4.93. The standard InChI is InChI=1S/C66H64N4O.Pt/c1-42-33-34-67-58(35-42)70-55-32-30-53-60(65(10,11)66(12,13)64(53,8)9)59(55)52-29-28-48(40-56(52)70)71-49-37-46(63(5,6)7)36-47(39-49)68-41-69(54-31-27-45(38-57(54)68)62(2,3)4)61-50(43-21-16-14-17-22-43)25-20-26-51(61)44-23-18-15-19-24-44;/h14-38H,1-13H3;/q-2;/i14D,15D,16D,17D,18D,19D,21D,22D,23D,24D;. The van der Waals surface area contributed by atoms with Crippen LogP contribution in [0.1, 0.15) is 125 Å². The van der Waals surface area contributed by atoms with Crippen molar-refractivity contribution < 1.29 is 37.8 Å². The Morgan fingerprint density at radius 2 is 1.25 bits per heavy atom. The molecule has 11 rings (SSSR count). The van der Waals surface area contributed by atoms with Crippen molar-refractivity contribution in [3.05, 3.63) is 195 Å². The number of benzene rings is 7. The van der Waals surface area contributed by atoms with E-state index in [9.17, 15) is 5.48 Å². The molecule has 6 heteroatoms. The van der Waals surface area contributed by atoms with Crippen LogP contribution in [0.25, 0.3) is 72.3 Å². The van der Waals surface area contributed by atoms with Crippen molar-refractivity contribution in [3.63, 3.8) is 0 Å². The van der Waals surface area contributed by atoms with Crippen LogP contribution in [0.2, 0.25) is 0 Å². The molecule has 0 saturated heterocycles. The molecule has 1 aliphatic rings. The van der Waals surface area contributed by atoms with Crippen LogP contribution in [0.15, 0.2) is 152 Å². The third kappa shape index (κ3) is 7.43. The predicted octanol–water partition coefficient (Wildman–Crippen LogP) is 17.2. The first-order valence-corrected chi connectivity index (χ1v) is 25.6. The fourth-order valence-electron chi connectivity index (χ4n) is 10.8. The molecule has 0 N–H and O–H groups in total. The van der Waals surface area contributed by atoms with Crippen molar-refractivity contribution in [1.29, 1.82) is 0 Å². The Kier molecular flexibility index (Phi) is 8.66. The molecule has 0 amide bonds. The first kappa shape index (κ1) is 37.2. The SMILES string of the molecule is [2H]c1c([2H])c([2H])c(-c2cccc(-c3c([2H])c([2H])c([2H])c([2H])c3[2H])c2-n2[c](=[Pt])n(-c3[c-]c(Oc4[c-]c5c(cc4)c4c6c(ccc4n5-c4cc(C)ccn4)C(C)(C)C(C)(C)C6(C)C)cc(C(C)(C)C)c3)c3cc(C(C)(C)C)ccc32)c([2H])c1[2H]. The van der Waals surface area contributed by atoms with Gasteiger partial charge in [0.15, 0.2) is 0 Å². The fraction of sp³-hybridized carbons (Fsp3) is 0.273. The topological polar surface area (TPSA) is 36.9 Å². The van der Waals surface area contributed by atoms with E-state index in [0.29, 0.717) is 32.0 Å². The predicted molar refractivity (Wildman–Crippen MR) is 295 cm³/mol. The fourth-order valence-corrected chi connectivity index (χ4v) is 11.9. The van der Waals surface area contributed by atoms with Crippen molar-refractivity contribution in [3.8, 4) is 50.9 Å². The number of ether oxygens (including phenoxy) is 1. The van der Waals surface area contributed by atoms with Crippen LogP contribution in [-0.4, -0.2) is 18.7 Å². The van der Waals surface area contributed by atoms with Gasteiger partial charge in [-0.1, -0.05) is 47.6 Å². The number of hydrogen-bond donors (Lipinski definition) is 0. The van der Waals surface area contributed by atoms with Gasteiger partial charge in [-0.15, -0.1) is 0 Å². The quantitative estimate of drug-likeness (QED) is 0.149. The number of para-hydroxylation sites is 1. The normalized spacial score (nSPS) is 17.1. The number of aromatic nitrogens is 4. The molecule has 0 fully saturated rings. The number of hydrogen-bond acceptors (Lipinski definition) is 2. The van der Waals surface area contributed by atoms with Gasteiger partial charge < -0.3 is 0 Å². The summed E-state index contributed by atoms with van der Waals surface area (Å²) in [5.41, 5.74) is 8.64. The third-order valence-electron chi connectivity index (χ3n) is 16.0. The van der Waals surface area contributed by atoms with Crippen LogP contribution in [0.5, 0.6) is 11.5 Å². The summed E-state index contributed by atoms with van der Waals surface area (Å²) in [6.45, 7) is 29.0. The molecule has 7 aromatic carbocycles. The molecule has 0 saturated carbocycles. The zero-order chi connectivity index (χ0) is 59.6. The van der Waals surface area contributed by atoms with Crippen molar-refractivity contribution in [1.82, 2.24) is 18.7 Å². The number of aryl methyl sites for hydroxylation is 1. The third-order valence-corrected chi connectivity index (χ3v) is 17.0. The van der Waals surface area contributed by atoms with Crippen molar-refractivity contribution in [2.45, 2.75) is 112 Å². The van der Waals surface area contributed by atoms with Gasteiger partial charge in [0.25, 0.3) is 0 Å². The summed E-state index contributed by atoms with van der Waals surface area (Å²) in [6.07, 6.45) is 1.84. The van der Waals surface area contributed by atoms with Crippen LogP contribution >= 0.6 is 0 Å². The number of imidazole rings is 1. The average Bonchev–Trinajstić information content (AvgIpc) is 2.28. The van der Waals surface area contributed by atoms with E-state index in [1.54, 1.807) is 18.2 Å². The first-order chi connectivity index (χ1) is 38.2. The average molecular weight is 1130 g/mol. The van der Waals surface area contributed by atoms with Crippen LogP contribution in [-0.2, 0) is 41.0 Å². The molecule has 0 radical (unpaired) electrons. The van der Waals surface area contributed by atoms with Gasteiger partial charge in [0.2, 0.25) is 0 Å². The van der Waals surface area contributed by atoms with E-state index in [2.05, 4.69) is 162 Å². The van der Waals surface area contributed by atoms with Crippen molar-refractivity contribution >= 4 is 32.8 Å². The second-order valence-corrected chi connectivity index (χ2v) is 23.9. The first-order valence-electron chi connectivity index (χ1n) is 29.5. The van der Waals surface area contributed by atoms with E-state index >= 15 is 0 Å². The van der Waals surface area contributed by atoms with E-state index < -0.39 is 65.8 Å². The molecule has 5 nitrogen and oxygen atoms in total. The van der Waals surface area contributed by atoms with E-state index in [-0.39, 0.29) is 49.6 Å². The molecular weight excluding hydrogens is 1060 g/mol. The summed E-state index contributed by atoms with van der Waals surface area (Å²) in [5, 5.41) is 2.21. The van der Waals surface area contributed by atoms with E-state index in [1.807, 2.05) is 45.7 Å². The van der Waals surface area contributed by atoms with Crippen LogP contribution in [0.3, 0.4) is 0 Å². The molecule has 366 valence electrons. The Labute approximate surface area is 450 Å². The van der Waals surface area contributed by atoms with Gasteiger partial charge in [-0.25, -0.2) is 0 Å². The van der Waals surface area contributed by atoms with Gasteiger partial charge in [0.05, 0.1) is 0 Å². The van der Waals surface area contributed by atoms with Gasteiger partial charge in [-0.2, -0.15) is 0 Å². The van der Waals surface area contributed by atoms with Crippen LogP contribution in [0, 0.1) is 28.3 Å². The van der Waals surface area contributed by atoms with Crippen LogP contribution in [0.4, 0.5) is 0 Å². The van der Waals surface area contributed by atoms with Gasteiger partial charge >= 0.3 is 358 Å². The molecular formula is C66H64N4OPt-2. The molecule has 0 bridgehead atoms. The minimum absolute atomic E-state index is 0.0815. The molecule has 0 aliphatic heterocycles. The summed E-state index contributed by atoms with van der Waals surface area (Å²) < 4.78 is 103. The molecule has 72 heavy (non-hydrogen) atoms. The molecule has 0 unspecified atom stereocenters. The maximum absolute atomic E-state index is 9.28. The molecule has 3 aromatic heterocycles. The number of pyridine rings is 1. The van der Waals surface area contributed by atoms with Gasteiger partial charge in [-0.3, -0.25) is 0 Å². The molecule has 0 atom stereocenters. The molecule has 0 spiro atoms. The van der Waals surface area contributed by atoms with Crippen LogP contribution < -0.4 is 4.74 Å².